The molecule has 6 nitrogen and oxygen atoms in total. The zero-order chi connectivity index (χ0) is 24.0. The second kappa shape index (κ2) is 10.7. The number of nitrogens with one attached hydrogen (secondary N) is 1. The highest BCUT2D eigenvalue weighted by molar-refractivity contribution is 7.92. The number of aryl methyl sites for hydroxylation is 1. The predicted molar refractivity (Wildman–Crippen MR) is 131 cm³/mol. The van der Waals surface area contributed by atoms with Crippen LogP contribution in [0, 0.1) is 6.92 Å². The van der Waals surface area contributed by atoms with Gasteiger partial charge in [0.1, 0.15) is 12.3 Å². The van der Waals surface area contributed by atoms with Crippen molar-refractivity contribution in [2.45, 2.75) is 38.3 Å². The number of hydrogen-bond acceptors (Lipinski definition) is 4. The number of sulfonamides is 1. The first-order valence-electron chi connectivity index (χ1n) is 10.5. The van der Waals surface area contributed by atoms with E-state index in [4.69, 9.17) is 16.3 Å². The van der Waals surface area contributed by atoms with Gasteiger partial charge in [-0.3, -0.25) is 9.10 Å². The zero-order valence-corrected chi connectivity index (χ0v) is 20.4. The molecule has 3 rings (SSSR count). The molecule has 0 aliphatic heterocycles. The van der Waals surface area contributed by atoms with E-state index in [0.717, 1.165) is 21.2 Å². The summed E-state index contributed by atoms with van der Waals surface area (Å²) in [5, 5.41) is 3.26. The number of halogens is 1. The number of anilines is 1. The second-order valence-corrected chi connectivity index (χ2v) is 10.2. The standard InChI is InChI=1S/C25H27ClN2O4S/c1-18(2)32-23-12-6-20(7-13-23)16-27-25(29)17-28(22-10-8-21(26)9-11-22)33(30,31)24-14-4-19(3)5-15-24/h4-15,18H,16-17H2,1-3H3,(H,27,29). The summed E-state index contributed by atoms with van der Waals surface area (Å²) in [6.07, 6.45) is 0.0740. The number of nitrogens with zero attached hydrogens (tertiary/aromatic N) is 1. The van der Waals surface area contributed by atoms with Crippen LogP contribution in [0.4, 0.5) is 5.69 Å². The molecule has 33 heavy (non-hydrogen) atoms. The van der Waals surface area contributed by atoms with Crippen molar-refractivity contribution in [1.82, 2.24) is 5.32 Å². The van der Waals surface area contributed by atoms with Gasteiger partial charge in [-0.15, -0.1) is 0 Å². The Balaban J connectivity index is 1.76. The van der Waals surface area contributed by atoms with Crippen LogP contribution in [-0.4, -0.2) is 27.0 Å². The Morgan fingerprint density at radius 1 is 0.970 bits per heavy atom. The van der Waals surface area contributed by atoms with E-state index in [9.17, 15) is 13.2 Å². The fourth-order valence-corrected chi connectivity index (χ4v) is 4.65. The molecule has 0 aliphatic carbocycles. The van der Waals surface area contributed by atoms with Crippen LogP contribution in [0.2, 0.25) is 5.02 Å². The number of carbonyl (C=O) groups excluding carboxylic acids is 1. The summed E-state index contributed by atoms with van der Waals surface area (Å²) in [7, 11) is -3.97. The highest BCUT2D eigenvalue weighted by Crippen LogP contribution is 2.25. The first-order chi connectivity index (χ1) is 15.6. The lowest BCUT2D eigenvalue weighted by Gasteiger charge is -2.24. The van der Waals surface area contributed by atoms with E-state index in [1.807, 2.05) is 45.0 Å². The van der Waals surface area contributed by atoms with Crippen molar-refractivity contribution in [1.29, 1.82) is 0 Å². The monoisotopic (exact) mass is 486 g/mol. The van der Waals surface area contributed by atoms with E-state index >= 15 is 0 Å². The van der Waals surface area contributed by atoms with Gasteiger partial charge in [-0.1, -0.05) is 41.4 Å². The van der Waals surface area contributed by atoms with Crippen molar-refractivity contribution in [3.63, 3.8) is 0 Å². The molecule has 8 heteroatoms. The van der Waals surface area contributed by atoms with Crippen molar-refractivity contribution in [2.75, 3.05) is 10.8 Å². The number of carbonyl (C=O) groups is 1. The summed E-state index contributed by atoms with van der Waals surface area (Å²) < 4.78 is 33.4. The molecule has 0 spiro atoms. The summed E-state index contributed by atoms with van der Waals surface area (Å²) in [4.78, 5) is 12.9. The largest absolute Gasteiger partial charge is 0.491 e. The summed E-state index contributed by atoms with van der Waals surface area (Å²) in [6, 6.07) is 20.2. The van der Waals surface area contributed by atoms with Gasteiger partial charge in [-0.2, -0.15) is 0 Å². The highest BCUT2D eigenvalue weighted by atomic mass is 35.5. The van der Waals surface area contributed by atoms with Gasteiger partial charge in [0.25, 0.3) is 10.0 Å². The highest BCUT2D eigenvalue weighted by Gasteiger charge is 2.27. The Hall–Kier alpha value is -3.03. The second-order valence-electron chi connectivity index (χ2n) is 7.89. The van der Waals surface area contributed by atoms with E-state index in [1.54, 1.807) is 36.4 Å². The van der Waals surface area contributed by atoms with E-state index < -0.39 is 15.9 Å². The van der Waals surface area contributed by atoms with Crippen molar-refractivity contribution in [3.05, 3.63) is 88.9 Å². The lowest BCUT2D eigenvalue weighted by Crippen LogP contribution is -2.40. The Kier molecular flexibility index (Phi) is 8.00. The molecule has 1 N–H and O–H groups in total. The minimum absolute atomic E-state index is 0.0740. The molecule has 0 bridgehead atoms. The maximum Gasteiger partial charge on any atom is 0.264 e. The summed E-state index contributed by atoms with van der Waals surface area (Å²) >= 11 is 5.97. The molecule has 0 saturated carbocycles. The van der Waals surface area contributed by atoms with Crippen LogP contribution in [0.5, 0.6) is 5.75 Å². The van der Waals surface area contributed by atoms with Gasteiger partial charge in [-0.05, 0) is 74.9 Å². The number of hydrogen-bond donors (Lipinski definition) is 1. The van der Waals surface area contributed by atoms with Gasteiger partial charge in [0.2, 0.25) is 5.91 Å². The lowest BCUT2D eigenvalue weighted by atomic mass is 10.2. The lowest BCUT2D eigenvalue weighted by molar-refractivity contribution is -0.119. The number of rotatable bonds is 9. The fourth-order valence-electron chi connectivity index (χ4n) is 3.10. The molecule has 3 aromatic rings. The maximum atomic E-state index is 13.4. The Bertz CT molecular complexity index is 1180. The number of benzene rings is 3. The van der Waals surface area contributed by atoms with Crippen LogP contribution in [0.1, 0.15) is 25.0 Å². The van der Waals surface area contributed by atoms with E-state index in [1.165, 1.54) is 12.1 Å². The van der Waals surface area contributed by atoms with Gasteiger partial charge in [-0.25, -0.2) is 8.42 Å². The van der Waals surface area contributed by atoms with Crippen molar-refractivity contribution >= 4 is 33.2 Å². The Labute approximate surface area is 200 Å². The number of ether oxygens (including phenoxy) is 1. The molecular formula is C25H27ClN2O4S. The quantitative estimate of drug-likeness (QED) is 0.464. The predicted octanol–water partition coefficient (Wildman–Crippen LogP) is 4.95. The molecule has 0 aromatic heterocycles. The number of amides is 1. The maximum absolute atomic E-state index is 13.4. The average molecular weight is 487 g/mol. The van der Waals surface area contributed by atoms with Crippen LogP contribution in [-0.2, 0) is 21.4 Å². The molecular weight excluding hydrogens is 460 g/mol. The van der Waals surface area contributed by atoms with E-state index in [-0.39, 0.29) is 24.1 Å². The van der Waals surface area contributed by atoms with Crippen LogP contribution in [0.15, 0.2) is 77.7 Å². The third-order valence-corrected chi connectivity index (χ3v) is 6.84. The minimum atomic E-state index is -3.97. The van der Waals surface area contributed by atoms with Gasteiger partial charge in [0.15, 0.2) is 0 Å². The fraction of sp³-hybridized carbons (Fsp3) is 0.240. The van der Waals surface area contributed by atoms with Crippen molar-refractivity contribution in [3.8, 4) is 5.75 Å². The first kappa shape index (κ1) is 24.6. The Morgan fingerprint density at radius 2 is 1.58 bits per heavy atom. The van der Waals surface area contributed by atoms with Crippen LogP contribution in [0.3, 0.4) is 0 Å². The molecule has 3 aromatic carbocycles. The summed E-state index contributed by atoms with van der Waals surface area (Å²) in [6.45, 7) is 5.67. The first-order valence-corrected chi connectivity index (χ1v) is 12.3. The van der Waals surface area contributed by atoms with Gasteiger partial charge in [0, 0.05) is 11.6 Å². The molecule has 0 aliphatic rings. The third kappa shape index (κ3) is 6.73. The normalized spacial score (nSPS) is 11.3. The zero-order valence-electron chi connectivity index (χ0n) is 18.8. The van der Waals surface area contributed by atoms with Crippen molar-refractivity contribution < 1.29 is 17.9 Å². The molecule has 0 heterocycles. The molecule has 0 radical (unpaired) electrons. The molecule has 1 amide bonds. The SMILES string of the molecule is Cc1ccc(S(=O)(=O)N(CC(=O)NCc2ccc(OC(C)C)cc2)c2ccc(Cl)cc2)cc1. The third-order valence-electron chi connectivity index (χ3n) is 4.80. The van der Waals surface area contributed by atoms with E-state index in [2.05, 4.69) is 5.32 Å². The van der Waals surface area contributed by atoms with Crippen LogP contribution < -0.4 is 14.4 Å². The average Bonchev–Trinajstić information content (AvgIpc) is 2.77. The van der Waals surface area contributed by atoms with Gasteiger partial charge >= 0.3 is 0 Å². The minimum Gasteiger partial charge on any atom is -0.491 e. The van der Waals surface area contributed by atoms with Gasteiger partial charge in [0.05, 0.1) is 16.7 Å². The molecule has 0 atom stereocenters. The smallest absolute Gasteiger partial charge is 0.264 e. The van der Waals surface area contributed by atoms with Gasteiger partial charge < -0.3 is 10.1 Å². The molecule has 0 saturated heterocycles. The van der Waals surface area contributed by atoms with Crippen LogP contribution >= 0.6 is 11.6 Å². The molecule has 0 unspecified atom stereocenters. The Morgan fingerprint density at radius 3 is 2.15 bits per heavy atom. The molecule has 0 fully saturated rings. The summed E-state index contributed by atoms with van der Waals surface area (Å²) in [5.74, 6) is 0.321. The molecule has 174 valence electrons. The van der Waals surface area contributed by atoms with E-state index in [0.29, 0.717) is 10.7 Å². The summed E-state index contributed by atoms with van der Waals surface area (Å²) in [5.41, 5.74) is 2.17. The van der Waals surface area contributed by atoms with Crippen molar-refractivity contribution in [2.24, 2.45) is 0 Å². The topological polar surface area (TPSA) is 75.7 Å². The van der Waals surface area contributed by atoms with Crippen LogP contribution in [0.25, 0.3) is 0 Å².